The minimum atomic E-state index is -1.07. The fourth-order valence-electron chi connectivity index (χ4n) is 2.05. The first-order valence-corrected chi connectivity index (χ1v) is 8.24. The van der Waals surface area contributed by atoms with Crippen LogP contribution in [0.15, 0.2) is 41.5 Å². The number of carbonyl (C=O) groups is 2. The third kappa shape index (κ3) is 5.17. The fraction of sp³-hybridized carbons (Fsp3) is 0.118. The number of nitro benzene ring substituents is 1. The highest BCUT2D eigenvalue weighted by Crippen LogP contribution is 2.36. The van der Waals surface area contributed by atoms with Crippen LogP contribution in [0.4, 0.5) is 11.4 Å². The predicted octanol–water partition coefficient (Wildman–Crippen LogP) is 2.44. The molecule has 0 aliphatic rings. The van der Waals surface area contributed by atoms with Crippen molar-refractivity contribution in [2.24, 2.45) is 5.10 Å². The summed E-state index contributed by atoms with van der Waals surface area (Å²) >= 11 is 5.89. The van der Waals surface area contributed by atoms with Crippen LogP contribution in [0.25, 0.3) is 0 Å². The average molecular weight is 407 g/mol. The Kier molecular flexibility index (Phi) is 6.88. The quantitative estimate of drug-likeness (QED) is 0.291. The Morgan fingerprint density at radius 1 is 1.32 bits per heavy atom. The molecule has 28 heavy (non-hydrogen) atoms. The highest BCUT2D eigenvalue weighted by atomic mass is 35.5. The molecule has 2 aromatic carbocycles. The Hall–Kier alpha value is -3.66. The van der Waals surface area contributed by atoms with Gasteiger partial charge < -0.3 is 15.2 Å². The fourth-order valence-corrected chi connectivity index (χ4v) is 2.23. The maximum absolute atomic E-state index is 11.8. The number of hydrogen-bond acceptors (Lipinski definition) is 7. The lowest BCUT2D eigenvalue weighted by Crippen LogP contribution is -2.32. The van der Waals surface area contributed by atoms with Crippen molar-refractivity contribution in [2.75, 3.05) is 11.9 Å². The molecule has 0 heterocycles. The van der Waals surface area contributed by atoms with E-state index in [9.17, 15) is 24.8 Å². The Bertz CT molecular complexity index is 947. The van der Waals surface area contributed by atoms with E-state index in [0.717, 1.165) is 12.3 Å². The topological polar surface area (TPSA) is 143 Å². The molecule has 11 heteroatoms. The Morgan fingerprint density at radius 2 is 2.04 bits per heavy atom. The summed E-state index contributed by atoms with van der Waals surface area (Å²) in [7, 11) is 0. The van der Waals surface area contributed by atoms with Gasteiger partial charge in [0.15, 0.2) is 5.75 Å². The van der Waals surface area contributed by atoms with E-state index in [1.165, 1.54) is 12.1 Å². The van der Waals surface area contributed by atoms with Gasteiger partial charge >= 0.3 is 17.5 Å². The van der Waals surface area contributed by atoms with Gasteiger partial charge in [0.25, 0.3) is 0 Å². The van der Waals surface area contributed by atoms with E-state index in [1.807, 2.05) is 5.43 Å². The molecule has 0 unspecified atom stereocenters. The van der Waals surface area contributed by atoms with Gasteiger partial charge in [0.2, 0.25) is 5.75 Å². The number of rotatable bonds is 6. The number of nitrogens with zero attached hydrogens (tertiary/aromatic N) is 2. The second-order valence-electron chi connectivity index (χ2n) is 5.21. The number of carbonyl (C=O) groups excluding carboxylic acids is 2. The largest absolute Gasteiger partial charge is 0.500 e. The van der Waals surface area contributed by atoms with Crippen molar-refractivity contribution in [1.29, 1.82) is 0 Å². The van der Waals surface area contributed by atoms with Crippen molar-refractivity contribution in [3.63, 3.8) is 0 Å². The number of hydrazone groups is 1. The first-order chi connectivity index (χ1) is 13.3. The van der Waals surface area contributed by atoms with E-state index in [2.05, 4.69) is 10.4 Å². The summed E-state index contributed by atoms with van der Waals surface area (Å²) in [5, 5.41) is 27.0. The van der Waals surface area contributed by atoms with Crippen LogP contribution < -0.4 is 15.5 Å². The Morgan fingerprint density at radius 3 is 2.68 bits per heavy atom. The number of nitro groups is 1. The highest BCUT2D eigenvalue weighted by molar-refractivity contribution is 6.41. The predicted molar refractivity (Wildman–Crippen MR) is 102 cm³/mol. The van der Waals surface area contributed by atoms with Crippen molar-refractivity contribution in [3.05, 3.63) is 57.1 Å². The minimum absolute atomic E-state index is 0.110. The van der Waals surface area contributed by atoms with E-state index < -0.39 is 28.2 Å². The van der Waals surface area contributed by atoms with Crippen LogP contribution in [0.1, 0.15) is 12.5 Å². The van der Waals surface area contributed by atoms with Gasteiger partial charge in [0, 0.05) is 11.6 Å². The zero-order valence-corrected chi connectivity index (χ0v) is 15.3. The number of phenols is 1. The maximum Gasteiger partial charge on any atom is 0.329 e. The molecule has 146 valence electrons. The molecule has 0 aliphatic heterocycles. The van der Waals surface area contributed by atoms with Gasteiger partial charge in [-0.3, -0.25) is 19.7 Å². The number of hydrogen-bond donors (Lipinski definition) is 3. The molecule has 0 radical (unpaired) electrons. The van der Waals surface area contributed by atoms with Gasteiger partial charge in [-0.1, -0.05) is 23.7 Å². The maximum atomic E-state index is 11.8. The molecule has 0 saturated carbocycles. The average Bonchev–Trinajstić information content (AvgIpc) is 2.65. The summed E-state index contributed by atoms with van der Waals surface area (Å²) in [5.74, 6) is -2.81. The number of ether oxygens (including phenoxy) is 1. The van der Waals surface area contributed by atoms with Crippen molar-refractivity contribution >= 4 is 41.0 Å². The summed E-state index contributed by atoms with van der Waals surface area (Å²) in [6.07, 6.45) is 1.07. The number of para-hydroxylation sites is 1. The molecule has 0 aromatic heterocycles. The molecule has 0 aliphatic carbocycles. The molecule has 2 rings (SSSR count). The molecule has 0 atom stereocenters. The minimum Gasteiger partial charge on any atom is -0.500 e. The number of anilines is 1. The Labute approximate surface area is 163 Å². The summed E-state index contributed by atoms with van der Waals surface area (Å²) < 4.78 is 5.13. The summed E-state index contributed by atoms with van der Waals surface area (Å²) in [6, 6.07) is 8.69. The van der Waals surface area contributed by atoms with Crippen LogP contribution in [0.2, 0.25) is 5.02 Å². The summed E-state index contributed by atoms with van der Waals surface area (Å²) in [5.41, 5.74) is 1.82. The van der Waals surface area contributed by atoms with Crippen LogP contribution in [0.5, 0.6) is 11.5 Å². The lowest BCUT2D eigenvalue weighted by Gasteiger charge is -2.07. The van der Waals surface area contributed by atoms with Crippen LogP contribution in [0, 0.1) is 10.1 Å². The van der Waals surface area contributed by atoms with Crippen LogP contribution in [-0.2, 0) is 9.59 Å². The molecule has 0 fully saturated rings. The van der Waals surface area contributed by atoms with Gasteiger partial charge in [-0.15, -0.1) is 0 Å². The van der Waals surface area contributed by atoms with E-state index >= 15 is 0 Å². The highest BCUT2D eigenvalue weighted by Gasteiger charge is 2.20. The number of aromatic hydroxyl groups is 1. The van der Waals surface area contributed by atoms with E-state index in [4.69, 9.17) is 16.3 Å². The summed E-state index contributed by atoms with van der Waals surface area (Å²) in [4.78, 5) is 33.9. The van der Waals surface area contributed by atoms with Gasteiger partial charge in [0.1, 0.15) is 0 Å². The third-order valence-electron chi connectivity index (χ3n) is 3.28. The Balaban J connectivity index is 2.09. The van der Waals surface area contributed by atoms with E-state index in [1.54, 1.807) is 25.1 Å². The van der Waals surface area contributed by atoms with Crippen molar-refractivity contribution in [2.45, 2.75) is 6.92 Å². The first-order valence-electron chi connectivity index (χ1n) is 7.86. The lowest BCUT2D eigenvalue weighted by atomic mass is 10.2. The van der Waals surface area contributed by atoms with Gasteiger partial charge in [-0.05, 0) is 25.1 Å². The zero-order chi connectivity index (χ0) is 20.7. The van der Waals surface area contributed by atoms with Crippen LogP contribution >= 0.6 is 11.6 Å². The molecule has 3 N–H and O–H groups in total. The molecule has 2 amide bonds. The molecular formula is C17H15ClN4O6. The SMILES string of the molecule is CCOc1cc(/C=N\NC(=O)C(=O)Nc2ccccc2Cl)cc([N+](=O)[O-])c1O. The smallest absolute Gasteiger partial charge is 0.329 e. The molecule has 0 bridgehead atoms. The molecule has 0 spiro atoms. The van der Waals surface area contributed by atoms with Crippen LogP contribution in [-0.4, -0.2) is 34.7 Å². The van der Waals surface area contributed by atoms with Gasteiger partial charge in [0.05, 0.1) is 28.5 Å². The summed E-state index contributed by atoms with van der Waals surface area (Å²) in [6.45, 7) is 1.81. The van der Waals surface area contributed by atoms with Crippen molar-refractivity contribution < 1.29 is 24.4 Å². The number of nitrogens with one attached hydrogen (secondary N) is 2. The molecule has 0 saturated heterocycles. The number of phenolic OH excluding ortho intramolecular Hbond substituents is 1. The third-order valence-corrected chi connectivity index (χ3v) is 3.61. The van der Waals surface area contributed by atoms with Crippen LogP contribution in [0.3, 0.4) is 0 Å². The second-order valence-corrected chi connectivity index (χ2v) is 5.62. The number of halogens is 1. The standard InChI is InChI=1S/C17H15ClN4O6/c1-2-28-14-8-10(7-13(15(14)23)22(26)27)9-19-21-17(25)16(24)20-12-6-4-3-5-11(12)18/h3-9,23H,2H2,1H3,(H,20,24)(H,21,25)/b19-9-. The van der Waals surface area contributed by atoms with Crippen molar-refractivity contribution in [3.8, 4) is 11.5 Å². The molecular weight excluding hydrogens is 392 g/mol. The second kappa shape index (κ2) is 9.33. The molecule has 10 nitrogen and oxygen atoms in total. The van der Waals surface area contributed by atoms with Gasteiger partial charge in [-0.2, -0.15) is 5.10 Å². The molecule has 2 aromatic rings. The normalized spacial score (nSPS) is 10.5. The lowest BCUT2D eigenvalue weighted by molar-refractivity contribution is -0.386. The van der Waals surface area contributed by atoms with Gasteiger partial charge in [-0.25, -0.2) is 5.43 Å². The van der Waals surface area contributed by atoms with Crippen molar-refractivity contribution in [1.82, 2.24) is 5.43 Å². The van der Waals surface area contributed by atoms with E-state index in [-0.39, 0.29) is 28.6 Å². The number of benzene rings is 2. The van der Waals surface area contributed by atoms with E-state index in [0.29, 0.717) is 0 Å². The number of amides is 2. The zero-order valence-electron chi connectivity index (χ0n) is 14.5. The first kappa shape index (κ1) is 20.6. The monoisotopic (exact) mass is 406 g/mol.